The summed E-state index contributed by atoms with van der Waals surface area (Å²) < 4.78 is 0. The fourth-order valence-corrected chi connectivity index (χ4v) is 2.43. The van der Waals surface area contributed by atoms with Gasteiger partial charge in [0, 0.05) is 24.8 Å². The molecular formula is C20H25N3O2. The molecule has 25 heavy (non-hydrogen) atoms. The normalized spacial score (nSPS) is 10.3. The van der Waals surface area contributed by atoms with Crippen molar-refractivity contribution in [2.24, 2.45) is 0 Å². The number of hydrogen-bond donors (Lipinski definition) is 2. The van der Waals surface area contributed by atoms with E-state index in [0.717, 1.165) is 25.7 Å². The molecule has 2 rings (SSSR count). The Balaban J connectivity index is 1.84. The zero-order valence-corrected chi connectivity index (χ0v) is 14.6. The van der Waals surface area contributed by atoms with Crippen molar-refractivity contribution in [2.45, 2.75) is 32.6 Å². The van der Waals surface area contributed by atoms with Gasteiger partial charge in [-0.3, -0.25) is 14.6 Å². The first kappa shape index (κ1) is 18.6. The van der Waals surface area contributed by atoms with E-state index in [2.05, 4.69) is 22.5 Å². The van der Waals surface area contributed by atoms with Crippen LogP contribution in [0.15, 0.2) is 48.7 Å². The number of nitrogens with one attached hydrogen (secondary N) is 2. The first-order valence-electron chi connectivity index (χ1n) is 8.77. The zero-order chi connectivity index (χ0) is 17.9. The van der Waals surface area contributed by atoms with Crippen LogP contribution in [-0.2, 0) is 6.42 Å². The number of pyridine rings is 1. The van der Waals surface area contributed by atoms with E-state index in [9.17, 15) is 9.59 Å². The molecule has 5 nitrogen and oxygen atoms in total. The highest BCUT2D eigenvalue weighted by Crippen LogP contribution is 2.03. The van der Waals surface area contributed by atoms with Gasteiger partial charge < -0.3 is 10.6 Å². The Kier molecular flexibility index (Phi) is 7.63. The highest BCUT2D eigenvalue weighted by molar-refractivity contribution is 5.98. The number of rotatable bonds is 9. The summed E-state index contributed by atoms with van der Waals surface area (Å²) in [7, 11) is 0. The molecule has 2 amide bonds. The van der Waals surface area contributed by atoms with Crippen LogP contribution in [0.4, 0.5) is 0 Å². The Bertz CT molecular complexity index is 686. The van der Waals surface area contributed by atoms with Gasteiger partial charge >= 0.3 is 0 Å². The molecule has 0 aliphatic rings. The van der Waals surface area contributed by atoms with E-state index < -0.39 is 0 Å². The molecule has 0 atom stereocenters. The van der Waals surface area contributed by atoms with Crippen molar-refractivity contribution in [1.82, 2.24) is 15.6 Å². The van der Waals surface area contributed by atoms with Crippen molar-refractivity contribution < 1.29 is 9.59 Å². The molecule has 0 unspecified atom stereocenters. The molecular weight excluding hydrogens is 314 g/mol. The summed E-state index contributed by atoms with van der Waals surface area (Å²) in [6, 6.07) is 13.1. The topological polar surface area (TPSA) is 71.1 Å². The second-order valence-electron chi connectivity index (χ2n) is 5.88. The van der Waals surface area contributed by atoms with Crippen LogP contribution in [-0.4, -0.2) is 29.9 Å². The summed E-state index contributed by atoms with van der Waals surface area (Å²) in [4.78, 5) is 28.4. The molecule has 1 heterocycles. The van der Waals surface area contributed by atoms with Gasteiger partial charge in [-0.25, -0.2) is 0 Å². The average molecular weight is 339 g/mol. The number of unbranched alkanes of at least 4 members (excludes halogenated alkanes) is 2. The van der Waals surface area contributed by atoms with E-state index in [1.165, 1.54) is 17.8 Å². The maximum Gasteiger partial charge on any atom is 0.269 e. The summed E-state index contributed by atoms with van der Waals surface area (Å²) in [5, 5.41) is 5.71. The minimum Gasteiger partial charge on any atom is -0.352 e. The molecule has 0 fully saturated rings. The van der Waals surface area contributed by atoms with Crippen molar-refractivity contribution in [3.8, 4) is 0 Å². The number of nitrogens with zero attached hydrogens (tertiary/aromatic N) is 1. The van der Waals surface area contributed by atoms with Crippen LogP contribution in [0.2, 0.25) is 0 Å². The second-order valence-corrected chi connectivity index (χ2v) is 5.88. The van der Waals surface area contributed by atoms with E-state index >= 15 is 0 Å². The van der Waals surface area contributed by atoms with Gasteiger partial charge in [0.05, 0.1) is 0 Å². The van der Waals surface area contributed by atoms with Gasteiger partial charge in [-0.05, 0) is 30.5 Å². The van der Waals surface area contributed by atoms with Crippen LogP contribution in [0.5, 0.6) is 0 Å². The van der Waals surface area contributed by atoms with Gasteiger partial charge in [-0.2, -0.15) is 0 Å². The molecule has 5 heteroatoms. The second kappa shape index (κ2) is 10.2. The van der Waals surface area contributed by atoms with Crippen molar-refractivity contribution in [1.29, 1.82) is 0 Å². The predicted octanol–water partition coefficient (Wildman–Crippen LogP) is 2.97. The predicted molar refractivity (Wildman–Crippen MR) is 98.6 cm³/mol. The summed E-state index contributed by atoms with van der Waals surface area (Å²) in [5.41, 5.74) is 1.89. The Labute approximate surface area is 148 Å². The number of aromatic nitrogens is 1. The first-order valence-corrected chi connectivity index (χ1v) is 8.77. The third-order valence-electron chi connectivity index (χ3n) is 3.86. The summed E-state index contributed by atoms with van der Waals surface area (Å²) in [6.45, 7) is 3.29. The van der Waals surface area contributed by atoms with Crippen LogP contribution in [0.25, 0.3) is 0 Å². The highest BCUT2D eigenvalue weighted by atomic mass is 16.2. The average Bonchev–Trinajstić information content (AvgIpc) is 2.66. The minimum atomic E-state index is -0.241. The van der Waals surface area contributed by atoms with Crippen LogP contribution in [0, 0.1) is 0 Å². The lowest BCUT2D eigenvalue weighted by Crippen LogP contribution is -2.28. The van der Waals surface area contributed by atoms with E-state index in [0.29, 0.717) is 18.7 Å². The van der Waals surface area contributed by atoms with E-state index in [1.54, 1.807) is 6.07 Å². The van der Waals surface area contributed by atoms with Gasteiger partial charge in [-0.15, -0.1) is 0 Å². The maximum absolute atomic E-state index is 12.2. The van der Waals surface area contributed by atoms with Crippen molar-refractivity contribution in [3.05, 3.63) is 65.5 Å². The maximum atomic E-state index is 12.2. The summed E-state index contributed by atoms with van der Waals surface area (Å²) in [5.74, 6) is -0.437. The largest absolute Gasteiger partial charge is 0.352 e. The molecule has 1 aromatic heterocycles. The zero-order valence-electron chi connectivity index (χ0n) is 14.6. The molecule has 1 aromatic carbocycles. The van der Waals surface area contributed by atoms with Crippen molar-refractivity contribution in [3.63, 3.8) is 0 Å². The number of benzene rings is 1. The van der Waals surface area contributed by atoms with Crippen LogP contribution < -0.4 is 10.6 Å². The summed E-state index contributed by atoms with van der Waals surface area (Å²) >= 11 is 0. The molecule has 0 radical (unpaired) electrons. The molecule has 0 aliphatic heterocycles. The molecule has 0 bridgehead atoms. The molecule has 0 saturated carbocycles. The van der Waals surface area contributed by atoms with Gasteiger partial charge in [0.2, 0.25) is 0 Å². The van der Waals surface area contributed by atoms with Crippen molar-refractivity contribution in [2.75, 3.05) is 13.1 Å². The lowest BCUT2D eigenvalue weighted by molar-refractivity contribution is 0.0948. The quantitative estimate of drug-likeness (QED) is 0.690. The van der Waals surface area contributed by atoms with Crippen LogP contribution in [0.3, 0.4) is 0 Å². The van der Waals surface area contributed by atoms with Gasteiger partial charge in [0.1, 0.15) is 5.69 Å². The third kappa shape index (κ3) is 6.37. The highest BCUT2D eigenvalue weighted by Gasteiger charge is 2.11. The smallest absolute Gasteiger partial charge is 0.269 e. The molecule has 0 spiro atoms. The lowest BCUT2D eigenvalue weighted by atomic mass is 10.1. The molecule has 132 valence electrons. The fourth-order valence-electron chi connectivity index (χ4n) is 2.43. The number of carbonyl (C=O) groups is 2. The molecule has 2 N–H and O–H groups in total. The Morgan fingerprint density at radius 2 is 1.72 bits per heavy atom. The van der Waals surface area contributed by atoms with Gasteiger partial charge in [0.15, 0.2) is 0 Å². The van der Waals surface area contributed by atoms with Gasteiger partial charge in [0.25, 0.3) is 11.8 Å². The number of hydrogen-bond acceptors (Lipinski definition) is 3. The Morgan fingerprint density at radius 1 is 0.960 bits per heavy atom. The van der Waals surface area contributed by atoms with Crippen molar-refractivity contribution >= 4 is 11.8 Å². The molecule has 0 saturated heterocycles. The van der Waals surface area contributed by atoms with E-state index in [1.807, 2.05) is 30.3 Å². The summed E-state index contributed by atoms with van der Waals surface area (Å²) in [6.07, 6.45) is 5.39. The van der Waals surface area contributed by atoms with Crippen LogP contribution in [0.1, 0.15) is 52.6 Å². The minimum absolute atomic E-state index is 0.196. The lowest BCUT2D eigenvalue weighted by Gasteiger charge is -2.07. The monoisotopic (exact) mass is 339 g/mol. The Hall–Kier alpha value is -2.69. The van der Waals surface area contributed by atoms with E-state index in [4.69, 9.17) is 0 Å². The Morgan fingerprint density at radius 3 is 2.48 bits per heavy atom. The van der Waals surface area contributed by atoms with Gasteiger partial charge in [-0.1, -0.05) is 50.1 Å². The molecule has 2 aromatic rings. The number of amides is 2. The third-order valence-corrected chi connectivity index (χ3v) is 3.86. The molecule has 0 aliphatic carbocycles. The fraction of sp³-hybridized carbons (Fsp3) is 0.350. The SMILES string of the molecule is CCCCCNC(=O)c1cc(C(=O)NCCc2ccccc2)ccn1. The van der Waals surface area contributed by atoms with E-state index in [-0.39, 0.29) is 17.5 Å². The van der Waals surface area contributed by atoms with Crippen LogP contribution >= 0.6 is 0 Å². The first-order chi connectivity index (χ1) is 12.2. The number of carbonyl (C=O) groups excluding carboxylic acids is 2. The standard InChI is InChI=1S/C20H25N3O2/c1-2-3-7-12-22-20(25)18-15-17(11-14-21-18)19(24)23-13-10-16-8-5-4-6-9-16/h4-6,8-9,11,14-15H,2-3,7,10,12-13H2,1H3,(H,22,25)(H,23,24).